The van der Waals surface area contributed by atoms with Crippen LogP contribution in [-0.4, -0.2) is 66.3 Å². The van der Waals surface area contributed by atoms with Crippen LogP contribution < -0.4 is 0 Å². The highest BCUT2D eigenvalue weighted by atomic mass is 31.2. The minimum atomic E-state index is -4.53. The lowest BCUT2D eigenvalue weighted by Crippen LogP contribution is -2.29. The van der Waals surface area contributed by atoms with Crippen molar-refractivity contribution in [3.05, 3.63) is 72.9 Å². The number of esters is 1. The van der Waals surface area contributed by atoms with E-state index in [1.807, 2.05) is 0 Å². The molecule has 0 rings (SSSR count). The van der Waals surface area contributed by atoms with Crippen LogP contribution in [0.3, 0.4) is 0 Å². The van der Waals surface area contributed by atoms with Gasteiger partial charge in [-0.05, 0) is 83.5 Å². The Balaban J connectivity index is 4.11. The summed E-state index contributed by atoms with van der Waals surface area (Å²) in [6.07, 6.45) is 60.1. The van der Waals surface area contributed by atoms with Crippen molar-refractivity contribution in [1.29, 1.82) is 0 Å². The van der Waals surface area contributed by atoms with Gasteiger partial charge in [-0.15, -0.1) is 0 Å². The van der Waals surface area contributed by atoms with Gasteiger partial charge in [-0.3, -0.25) is 13.8 Å². The zero-order valence-corrected chi connectivity index (χ0v) is 41.2. The Morgan fingerprint density at radius 2 is 0.905 bits per heavy atom. The van der Waals surface area contributed by atoms with Gasteiger partial charge in [-0.2, -0.15) is 0 Å². The van der Waals surface area contributed by atoms with Crippen LogP contribution in [0.4, 0.5) is 0 Å². The van der Waals surface area contributed by atoms with Gasteiger partial charge in [-0.1, -0.05) is 196 Å². The summed E-state index contributed by atoms with van der Waals surface area (Å²) in [7, 11) is -4.53. The van der Waals surface area contributed by atoms with Gasteiger partial charge in [0, 0.05) is 13.0 Å². The molecule has 0 fully saturated rings. The third kappa shape index (κ3) is 49.2. The largest absolute Gasteiger partial charge is 0.472 e. The average molecular weight is 907 g/mol. The quantitative estimate of drug-likeness (QED) is 0.0236. The maximum Gasteiger partial charge on any atom is 0.472 e. The van der Waals surface area contributed by atoms with Crippen molar-refractivity contribution in [2.24, 2.45) is 0 Å². The summed E-state index contributed by atoms with van der Waals surface area (Å²) in [6.45, 7) is 3.39. The lowest BCUT2D eigenvalue weighted by Gasteiger charge is -2.20. The molecule has 0 aliphatic heterocycles. The number of ether oxygens (including phenoxy) is 2. The van der Waals surface area contributed by atoms with Crippen molar-refractivity contribution >= 4 is 13.8 Å². The number of phosphoric acid groups is 1. The van der Waals surface area contributed by atoms with E-state index in [2.05, 4.69) is 86.8 Å². The molecule has 0 heterocycles. The maximum absolute atomic E-state index is 12.7. The zero-order chi connectivity index (χ0) is 46.0. The third-order valence-corrected chi connectivity index (χ3v) is 11.6. The average Bonchev–Trinajstić information content (AvgIpc) is 3.28. The molecule has 0 saturated heterocycles. The van der Waals surface area contributed by atoms with Gasteiger partial charge in [-0.25, -0.2) is 4.57 Å². The molecule has 3 atom stereocenters. The van der Waals surface area contributed by atoms with E-state index in [1.54, 1.807) is 0 Å². The number of hydrogen-bond acceptors (Lipinski definition) is 8. The van der Waals surface area contributed by atoms with Crippen molar-refractivity contribution in [3.8, 4) is 0 Å². The van der Waals surface area contributed by atoms with E-state index in [4.69, 9.17) is 23.6 Å². The molecule has 0 aromatic rings. The SMILES string of the molecule is CC/C=C\C/C=C\C/C=C\C/C=C\C/C=C\CCCCCCCCCCOCC(COP(=O)(O)OCC(O)CO)OC(=O)CCCCCCCCC/C=C\CCCCCCCCC. The highest BCUT2D eigenvalue weighted by molar-refractivity contribution is 7.47. The smallest absolute Gasteiger partial charge is 0.457 e. The second-order valence-electron chi connectivity index (χ2n) is 16.8. The molecule has 3 N–H and O–H groups in total. The highest BCUT2D eigenvalue weighted by Crippen LogP contribution is 2.43. The fraction of sp³-hybridized carbons (Fsp3) is 0.755. The first kappa shape index (κ1) is 60.9. The predicted octanol–water partition coefficient (Wildman–Crippen LogP) is 14.9. The first-order valence-electron chi connectivity index (χ1n) is 25.4. The molecular formula is C53H95O9P. The lowest BCUT2D eigenvalue weighted by atomic mass is 10.1. The number of rotatable bonds is 48. The molecule has 0 spiro atoms. The van der Waals surface area contributed by atoms with Crippen LogP contribution in [0.2, 0.25) is 0 Å². The van der Waals surface area contributed by atoms with Crippen molar-refractivity contribution in [2.45, 2.75) is 225 Å². The minimum absolute atomic E-state index is 0.0389. The summed E-state index contributed by atoms with van der Waals surface area (Å²) in [5, 5.41) is 18.4. The van der Waals surface area contributed by atoms with Gasteiger partial charge in [0.2, 0.25) is 0 Å². The molecule has 0 radical (unpaired) electrons. The second-order valence-corrected chi connectivity index (χ2v) is 18.3. The van der Waals surface area contributed by atoms with E-state index in [0.717, 1.165) is 89.9 Å². The zero-order valence-electron chi connectivity index (χ0n) is 40.3. The van der Waals surface area contributed by atoms with Crippen molar-refractivity contribution < 1.29 is 43.0 Å². The summed E-state index contributed by atoms with van der Waals surface area (Å²) in [5.74, 6) is -0.391. The van der Waals surface area contributed by atoms with Gasteiger partial charge in [0.05, 0.1) is 26.4 Å². The summed E-state index contributed by atoms with van der Waals surface area (Å²) >= 11 is 0. The standard InChI is InChI=1S/C53H95O9P/c1-3-5-7-9-11-13-15-17-19-21-23-24-25-26-27-28-30-32-34-36-38-40-42-44-46-59-49-52(50-61-63(57,58)60-48-51(55)47-54)62-53(56)45-43-41-39-37-35-33-31-29-22-20-18-16-14-12-10-8-6-4-2/h5,7,11,13,17,19-20,22-24,26-27,51-52,54-55H,3-4,6,8-10,12,14-16,18,21,25,28-50H2,1-2H3,(H,57,58)/b7-5-,13-11-,19-17-,22-20-,24-23-,27-26-. The van der Waals surface area contributed by atoms with Crippen LogP contribution in [0, 0.1) is 0 Å². The van der Waals surface area contributed by atoms with Gasteiger partial charge < -0.3 is 24.6 Å². The maximum atomic E-state index is 12.7. The van der Waals surface area contributed by atoms with Gasteiger partial charge in [0.15, 0.2) is 0 Å². The Hall–Kier alpha value is -2.10. The summed E-state index contributed by atoms with van der Waals surface area (Å²) in [6, 6.07) is 0. The minimum Gasteiger partial charge on any atom is -0.457 e. The van der Waals surface area contributed by atoms with Gasteiger partial charge in [0.1, 0.15) is 12.2 Å². The first-order valence-corrected chi connectivity index (χ1v) is 26.9. The fourth-order valence-corrected chi connectivity index (χ4v) is 7.58. The lowest BCUT2D eigenvalue weighted by molar-refractivity contribution is -0.154. The molecular weight excluding hydrogens is 812 g/mol. The second kappa shape index (κ2) is 49.3. The monoisotopic (exact) mass is 907 g/mol. The van der Waals surface area contributed by atoms with E-state index in [0.29, 0.717) is 6.61 Å². The third-order valence-electron chi connectivity index (χ3n) is 10.6. The first-order chi connectivity index (χ1) is 30.8. The van der Waals surface area contributed by atoms with Crippen LogP contribution in [-0.2, 0) is 27.9 Å². The van der Waals surface area contributed by atoms with E-state index in [-0.39, 0.29) is 19.6 Å². The van der Waals surface area contributed by atoms with E-state index < -0.39 is 39.2 Å². The van der Waals surface area contributed by atoms with Crippen molar-refractivity contribution in [3.63, 3.8) is 0 Å². The number of phosphoric ester groups is 1. The van der Waals surface area contributed by atoms with Crippen LogP contribution >= 0.6 is 7.82 Å². The molecule has 0 amide bonds. The highest BCUT2D eigenvalue weighted by Gasteiger charge is 2.26. The Morgan fingerprint density at radius 1 is 0.508 bits per heavy atom. The topological polar surface area (TPSA) is 132 Å². The number of unbranched alkanes of at least 4 members (excludes halogenated alkanes) is 22. The predicted molar refractivity (Wildman–Crippen MR) is 265 cm³/mol. The molecule has 3 unspecified atom stereocenters. The fourth-order valence-electron chi connectivity index (χ4n) is 6.79. The number of allylic oxidation sites excluding steroid dienone is 12. The van der Waals surface area contributed by atoms with Crippen LogP contribution in [0.5, 0.6) is 0 Å². The van der Waals surface area contributed by atoms with Gasteiger partial charge >= 0.3 is 13.8 Å². The number of carbonyl (C=O) groups excluding carboxylic acids is 1. The van der Waals surface area contributed by atoms with Crippen molar-refractivity contribution in [1.82, 2.24) is 0 Å². The van der Waals surface area contributed by atoms with E-state index in [9.17, 15) is 19.4 Å². The summed E-state index contributed by atoms with van der Waals surface area (Å²) < 4.78 is 33.5. The number of aliphatic hydroxyl groups is 2. The van der Waals surface area contributed by atoms with E-state index in [1.165, 1.54) is 103 Å². The molecule has 0 saturated carbocycles. The number of hydrogen-bond donors (Lipinski definition) is 3. The Labute approximate surface area is 386 Å². The van der Waals surface area contributed by atoms with Crippen LogP contribution in [0.1, 0.15) is 213 Å². The molecule has 0 bridgehead atoms. The molecule has 0 aliphatic carbocycles. The Kier molecular flexibility index (Phi) is 47.7. The number of carbonyl (C=O) groups is 1. The normalized spacial score (nSPS) is 14.4. The van der Waals surface area contributed by atoms with E-state index >= 15 is 0 Å². The van der Waals surface area contributed by atoms with Gasteiger partial charge in [0.25, 0.3) is 0 Å². The summed E-state index contributed by atoms with van der Waals surface area (Å²) in [5.41, 5.74) is 0. The molecule has 366 valence electrons. The molecule has 0 aromatic carbocycles. The molecule has 10 heteroatoms. The number of aliphatic hydroxyl groups excluding tert-OH is 2. The van der Waals surface area contributed by atoms with Crippen LogP contribution in [0.25, 0.3) is 0 Å². The van der Waals surface area contributed by atoms with Crippen LogP contribution in [0.15, 0.2) is 72.9 Å². The molecule has 9 nitrogen and oxygen atoms in total. The Bertz CT molecular complexity index is 1210. The molecule has 0 aromatic heterocycles. The van der Waals surface area contributed by atoms with Crippen molar-refractivity contribution in [2.75, 3.05) is 33.0 Å². The molecule has 0 aliphatic rings. The summed E-state index contributed by atoms with van der Waals surface area (Å²) in [4.78, 5) is 22.7. The Morgan fingerprint density at radius 3 is 1.38 bits per heavy atom. The molecule has 63 heavy (non-hydrogen) atoms.